The number of rotatable bonds is 4. The molecule has 0 fully saturated rings. The number of aromatic amines is 1. The molecular weight excluding hydrogens is 410 g/mol. The lowest BCUT2D eigenvalue weighted by Crippen LogP contribution is -2.34. The number of halogens is 2. The molecule has 1 N–H and O–H groups in total. The SMILES string of the molecule is Cc1cccc(CC2C(=O)Oc3nc(-c4cc(F)ccc4F)[nH]c3C2c2ccccc2)c1. The molecule has 0 spiro atoms. The number of nitrogens with zero attached hydrogens (tertiary/aromatic N) is 1. The maximum atomic E-state index is 14.4. The number of hydrogen-bond donors (Lipinski definition) is 1. The monoisotopic (exact) mass is 430 g/mol. The van der Waals surface area contributed by atoms with Crippen LogP contribution in [0.5, 0.6) is 5.88 Å². The summed E-state index contributed by atoms with van der Waals surface area (Å²) < 4.78 is 33.7. The van der Waals surface area contributed by atoms with Gasteiger partial charge in [-0.1, -0.05) is 60.2 Å². The molecule has 0 radical (unpaired) electrons. The molecule has 160 valence electrons. The highest BCUT2D eigenvalue weighted by molar-refractivity contribution is 5.80. The van der Waals surface area contributed by atoms with Gasteiger partial charge in [0.15, 0.2) is 0 Å². The van der Waals surface area contributed by atoms with E-state index in [0.717, 1.165) is 34.9 Å². The summed E-state index contributed by atoms with van der Waals surface area (Å²) in [6, 6.07) is 20.8. The third-order valence-electron chi connectivity index (χ3n) is 5.79. The Morgan fingerprint density at radius 1 is 1.00 bits per heavy atom. The van der Waals surface area contributed by atoms with Crippen LogP contribution in [0, 0.1) is 24.5 Å². The number of aromatic nitrogens is 2. The molecule has 3 aromatic carbocycles. The Morgan fingerprint density at radius 3 is 2.59 bits per heavy atom. The number of nitrogens with one attached hydrogen (secondary N) is 1. The Morgan fingerprint density at radius 2 is 1.81 bits per heavy atom. The number of carbonyl (C=O) groups is 1. The van der Waals surface area contributed by atoms with Crippen molar-refractivity contribution in [3.05, 3.63) is 107 Å². The fraction of sp³-hybridized carbons (Fsp3) is 0.154. The van der Waals surface area contributed by atoms with E-state index in [4.69, 9.17) is 4.74 Å². The van der Waals surface area contributed by atoms with Gasteiger partial charge in [0.05, 0.1) is 17.2 Å². The smallest absolute Gasteiger partial charge is 0.317 e. The zero-order chi connectivity index (χ0) is 22.2. The van der Waals surface area contributed by atoms with E-state index in [1.54, 1.807) is 0 Å². The zero-order valence-electron chi connectivity index (χ0n) is 17.3. The number of carbonyl (C=O) groups excluding carboxylic acids is 1. The summed E-state index contributed by atoms with van der Waals surface area (Å²) in [5, 5.41) is 0. The van der Waals surface area contributed by atoms with Crippen molar-refractivity contribution in [2.45, 2.75) is 19.3 Å². The summed E-state index contributed by atoms with van der Waals surface area (Å²) in [6.45, 7) is 2.00. The van der Waals surface area contributed by atoms with Gasteiger partial charge in [-0.25, -0.2) is 8.78 Å². The van der Waals surface area contributed by atoms with E-state index < -0.39 is 23.5 Å². The zero-order valence-corrected chi connectivity index (χ0v) is 17.3. The molecule has 0 amide bonds. The van der Waals surface area contributed by atoms with Gasteiger partial charge in [0.25, 0.3) is 0 Å². The van der Waals surface area contributed by atoms with Gasteiger partial charge in [0.1, 0.15) is 17.5 Å². The third-order valence-corrected chi connectivity index (χ3v) is 5.79. The second-order valence-electron chi connectivity index (χ2n) is 8.04. The highest BCUT2D eigenvalue weighted by Crippen LogP contribution is 2.43. The van der Waals surface area contributed by atoms with Crippen molar-refractivity contribution in [1.29, 1.82) is 0 Å². The summed E-state index contributed by atoms with van der Waals surface area (Å²) in [5.74, 6) is -2.24. The van der Waals surface area contributed by atoms with Gasteiger partial charge >= 0.3 is 5.97 Å². The molecule has 2 heterocycles. The van der Waals surface area contributed by atoms with Gasteiger partial charge in [0.2, 0.25) is 5.88 Å². The first-order valence-corrected chi connectivity index (χ1v) is 10.4. The van der Waals surface area contributed by atoms with Crippen LogP contribution in [0.2, 0.25) is 0 Å². The van der Waals surface area contributed by atoms with Crippen molar-refractivity contribution in [3.63, 3.8) is 0 Å². The maximum absolute atomic E-state index is 14.4. The second-order valence-corrected chi connectivity index (χ2v) is 8.04. The van der Waals surface area contributed by atoms with Gasteiger partial charge in [-0.2, -0.15) is 4.98 Å². The second kappa shape index (κ2) is 8.04. The third kappa shape index (κ3) is 3.68. The lowest BCUT2D eigenvalue weighted by Gasteiger charge is -2.29. The fourth-order valence-electron chi connectivity index (χ4n) is 4.33. The lowest BCUT2D eigenvalue weighted by molar-refractivity contribution is -0.141. The average molecular weight is 430 g/mol. The Kier molecular flexibility index (Phi) is 5.05. The van der Waals surface area contributed by atoms with Gasteiger partial charge in [0, 0.05) is 5.92 Å². The normalized spacial score (nSPS) is 17.7. The van der Waals surface area contributed by atoms with E-state index in [1.807, 2.05) is 61.5 Å². The fourth-order valence-corrected chi connectivity index (χ4v) is 4.33. The summed E-state index contributed by atoms with van der Waals surface area (Å²) in [5.41, 5.74) is 3.60. The molecule has 1 aliphatic heterocycles. The molecule has 6 heteroatoms. The van der Waals surface area contributed by atoms with Crippen LogP contribution in [-0.2, 0) is 11.2 Å². The van der Waals surface area contributed by atoms with Crippen molar-refractivity contribution in [1.82, 2.24) is 9.97 Å². The first-order valence-electron chi connectivity index (χ1n) is 10.4. The lowest BCUT2D eigenvalue weighted by atomic mass is 9.79. The molecule has 0 aliphatic carbocycles. The topological polar surface area (TPSA) is 55.0 Å². The highest BCUT2D eigenvalue weighted by atomic mass is 19.1. The minimum Gasteiger partial charge on any atom is -0.405 e. The number of imidazole rings is 1. The molecule has 1 aliphatic rings. The average Bonchev–Trinajstić information content (AvgIpc) is 3.19. The Labute approximate surface area is 183 Å². The van der Waals surface area contributed by atoms with E-state index >= 15 is 0 Å². The Bertz CT molecular complexity index is 1300. The molecule has 0 saturated carbocycles. The molecule has 1 aromatic heterocycles. The molecule has 0 bridgehead atoms. The van der Waals surface area contributed by atoms with Gasteiger partial charge in [-0.05, 0) is 42.7 Å². The summed E-state index contributed by atoms with van der Waals surface area (Å²) in [4.78, 5) is 20.5. The molecule has 2 unspecified atom stereocenters. The Balaban J connectivity index is 1.62. The number of hydrogen-bond acceptors (Lipinski definition) is 3. The number of H-pyrrole nitrogens is 1. The van der Waals surface area contributed by atoms with Crippen molar-refractivity contribution >= 4 is 5.97 Å². The standard InChI is InChI=1S/C26H20F2N2O2/c1-15-6-5-7-16(12-15)13-20-22(17-8-3-2-4-9-17)23-25(32-26(20)31)30-24(29-23)19-14-18(27)10-11-21(19)28/h2-12,14,20,22H,13H2,1H3,(H,29,30). The summed E-state index contributed by atoms with van der Waals surface area (Å²) >= 11 is 0. The molecule has 4 aromatic rings. The largest absolute Gasteiger partial charge is 0.405 e. The predicted molar refractivity (Wildman–Crippen MR) is 116 cm³/mol. The van der Waals surface area contributed by atoms with Gasteiger partial charge < -0.3 is 9.72 Å². The van der Waals surface area contributed by atoms with Crippen LogP contribution in [0.3, 0.4) is 0 Å². The first-order chi connectivity index (χ1) is 15.5. The van der Waals surface area contributed by atoms with E-state index in [1.165, 1.54) is 0 Å². The number of esters is 1. The number of ether oxygens (including phenoxy) is 1. The van der Waals surface area contributed by atoms with Crippen LogP contribution in [0.1, 0.15) is 28.3 Å². The molecule has 4 nitrogen and oxygen atoms in total. The van der Waals surface area contributed by atoms with Crippen molar-refractivity contribution in [2.24, 2.45) is 5.92 Å². The predicted octanol–water partition coefficient (Wildman–Crippen LogP) is 5.57. The maximum Gasteiger partial charge on any atom is 0.317 e. The number of benzene rings is 3. The number of aryl methyl sites for hydroxylation is 1. The minimum absolute atomic E-state index is 0.0162. The van der Waals surface area contributed by atoms with Crippen molar-refractivity contribution in [3.8, 4) is 17.3 Å². The van der Waals surface area contributed by atoms with Crippen LogP contribution in [0.4, 0.5) is 8.78 Å². The Hall–Kier alpha value is -3.80. The van der Waals surface area contributed by atoms with Crippen LogP contribution in [0.15, 0.2) is 72.8 Å². The van der Waals surface area contributed by atoms with E-state index in [9.17, 15) is 13.6 Å². The van der Waals surface area contributed by atoms with Crippen LogP contribution >= 0.6 is 0 Å². The molecule has 0 saturated heterocycles. The summed E-state index contributed by atoms with van der Waals surface area (Å²) in [7, 11) is 0. The molecule has 32 heavy (non-hydrogen) atoms. The molecular formula is C26H20F2N2O2. The summed E-state index contributed by atoms with van der Waals surface area (Å²) in [6.07, 6.45) is 0.474. The van der Waals surface area contributed by atoms with Gasteiger partial charge in [-0.15, -0.1) is 0 Å². The van der Waals surface area contributed by atoms with Crippen LogP contribution in [0.25, 0.3) is 11.4 Å². The minimum atomic E-state index is -0.614. The van der Waals surface area contributed by atoms with Gasteiger partial charge in [-0.3, -0.25) is 4.79 Å². The first kappa shape index (κ1) is 20.1. The van der Waals surface area contributed by atoms with E-state index in [0.29, 0.717) is 12.1 Å². The van der Waals surface area contributed by atoms with Crippen LogP contribution < -0.4 is 4.74 Å². The van der Waals surface area contributed by atoms with E-state index in [2.05, 4.69) is 9.97 Å². The van der Waals surface area contributed by atoms with Crippen molar-refractivity contribution in [2.75, 3.05) is 0 Å². The quantitative estimate of drug-likeness (QED) is 0.431. The molecule has 2 atom stereocenters. The van der Waals surface area contributed by atoms with Crippen molar-refractivity contribution < 1.29 is 18.3 Å². The van der Waals surface area contributed by atoms with E-state index in [-0.39, 0.29) is 23.2 Å². The number of fused-ring (bicyclic) bond motifs is 1. The molecule has 5 rings (SSSR count). The highest BCUT2D eigenvalue weighted by Gasteiger charge is 2.41. The van der Waals surface area contributed by atoms with Crippen LogP contribution in [-0.4, -0.2) is 15.9 Å².